The number of rotatable bonds is 8. The summed E-state index contributed by atoms with van der Waals surface area (Å²) in [6.45, 7) is 2.75. The zero-order valence-corrected chi connectivity index (χ0v) is 10.5. The van der Waals surface area contributed by atoms with E-state index < -0.39 is 30.7 Å². The van der Waals surface area contributed by atoms with Crippen LogP contribution in [-0.2, 0) is 4.79 Å². The molecule has 0 aliphatic carbocycles. The molecule has 0 aromatic carbocycles. The first-order valence-corrected chi connectivity index (χ1v) is 5.85. The summed E-state index contributed by atoms with van der Waals surface area (Å²) in [7, 11) is 0. The molecule has 0 heterocycles. The summed E-state index contributed by atoms with van der Waals surface area (Å²) in [5, 5.41) is 20.0. The van der Waals surface area contributed by atoms with Gasteiger partial charge in [-0.15, -0.1) is 0 Å². The van der Waals surface area contributed by atoms with E-state index in [-0.39, 0.29) is 6.04 Å². The number of carboxylic acid groups (broad SMARTS) is 1. The number of aliphatic hydroxyl groups is 1. The number of halogens is 3. The standard InChI is InChI=1S/C11H20F3NO3/c1-7(10(17)18)4-3-5-8(2)15-6-9(16)11(12,13)14/h7-9,15-16H,3-6H2,1-2H3,(H,17,18). The predicted molar refractivity (Wildman–Crippen MR) is 60.2 cm³/mol. The first-order valence-electron chi connectivity index (χ1n) is 5.85. The number of carbonyl (C=O) groups is 1. The van der Waals surface area contributed by atoms with Crippen LogP contribution in [0.5, 0.6) is 0 Å². The molecule has 0 bridgehead atoms. The van der Waals surface area contributed by atoms with Gasteiger partial charge in [0.1, 0.15) is 0 Å². The van der Waals surface area contributed by atoms with Crippen molar-refractivity contribution in [2.45, 2.75) is 51.4 Å². The first-order chi connectivity index (χ1) is 8.14. The van der Waals surface area contributed by atoms with E-state index in [1.807, 2.05) is 0 Å². The lowest BCUT2D eigenvalue weighted by atomic mass is 10.0. The quantitative estimate of drug-likeness (QED) is 0.629. The molecule has 108 valence electrons. The maximum absolute atomic E-state index is 12.0. The van der Waals surface area contributed by atoms with Gasteiger partial charge in [-0.05, 0) is 19.8 Å². The number of carboxylic acids is 1. The van der Waals surface area contributed by atoms with Crippen LogP contribution in [0.3, 0.4) is 0 Å². The second-order valence-corrected chi connectivity index (χ2v) is 4.54. The average Bonchev–Trinajstić information content (AvgIpc) is 2.24. The van der Waals surface area contributed by atoms with Crippen molar-refractivity contribution in [3.8, 4) is 0 Å². The third-order valence-electron chi connectivity index (χ3n) is 2.73. The van der Waals surface area contributed by atoms with Gasteiger partial charge < -0.3 is 15.5 Å². The molecule has 3 unspecified atom stereocenters. The summed E-state index contributed by atoms with van der Waals surface area (Å²) < 4.78 is 36.0. The van der Waals surface area contributed by atoms with Crippen molar-refractivity contribution in [3.05, 3.63) is 0 Å². The molecule has 18 heavy (non-hydrogen) atoms. The summed E-state index contributed by atoms with van der Waals surface area (Å²) in [4.78, 5) is 10.5. The molecule has 0 aromatic rings. The molecule has 0 aliphatic heterocycles. The summed E-state index contributed by atoms with van der Waals surface area (Å²) in [5.41, 5.74) is 0. The second kappa shape index (κ2) is 7.58. The molecule has 0 spiro atoms. The van der Waals surface area contributed by atoms with E-state index in [0.717, 1.165) is 0 Å². The van der Waals surface area contributed by atoms with E-state index in [2.05, 4.69) is 5.32 Å². The largest absolute Gasteiger partial charge is 0.481 e. The Bertz CT molecular complexity index is 258. The maximum atomic E-state index is 12.0. The second-order valence-electron chi connectivity index (χ2n) is 4.54. The highest BCUT2D eigenvalue weighted by Crippen LogP contribution is 2.19. The maximum Gasteiger partial charge on any atom is 0.415 e. The van der Waals surface area contributed by atoms with Gasteiger partial charge >= 0.3 is 12.1 Å². The summed E-state index contributed by atoms with van der Waals surface area (Å²) in [6.07, 6.45) is -5.29. The fraction of sp³-hybridized carbons (Fsp3) is 0.909. The van der Waals surface area contributed by atoms with Gasteiger partial charge in [-0.25, -0.2) is 0 Å². The number of hydrogen-bond donors (Lipinski definition) is 3. The average molecular weight is 271 g/mol. The lowest BCUT2D eigenvalue weighted by Crippen LogP contribution is -2.41. The van der Waals surface area contributed by atoms with Crippen molar-refractivity contribution >= 4 is 5.97 Å². The van der Waals surface area contributed by atoms with Crippen LogP contribution in [0.15, 0.2) is 0 Å². The van der Waals surface area contributed by atoms with Crippen LogP contribution in [0.2, 0.25) is 0 Å². The zero-order valence-electron chi connectivity index (χ0n) is 10.5. The van der Waals surface area contributed by atoms with Crippen molar-refractivity contribution in [1.29, 1.82) is 0 Å². The van der Waals surface area contributed by atoms with E-state index in [0.29, 0.717) is 19.3 Å². The van der Waals surface area contributed by atoms with Crippen LogP contribution in [0.25, 0.3) is 0 Å². The van der Waals surface area contributed by atoms with Gasteiger partial charge in [0.05, 0.1) is 5.92 Å². The molecule has 0 fully saturated rings. The van der Waals surface area contributed by atoms with Crippen LogP contribution >= 0.6 is 0 Å². The monoisotopic (exact) mass is 271 g/mol. The van der Waals surface area contributed by atoms with E-state index in [9.17, 15) is 18.0 Å². The smallest absolute Gasteiger partial charge is 0.415 e. The third-order valence-corrected chi connectivity index (χ3v) is 2.73. The van der Waals surface area contributed by atoms with E-state index in [1.54, 1.807) is 13.8 Å². The van der Waals surface area contributed by atoms with Gasteiger partial charge in [0.15, 0.2) is 6.10 Å². The van der Waals surface area contributed by atoms with Gasteiger partial charge in [0.25, 0.3) is 0 Å². The van der Waals surface area contributed by atoms with Gasteiger partial charge in [-0.2, -0.15) is 13.2 Å². The summed E-state index contributed by atoms with van der Waals surface area (Å²) in [5.74, 6) is -1.32. The molecule has 0 saturated carbocycles. The highest BCUT2D eigenvalue weighted by atomic mass is 19.4. The van der Waals surface area contributed by atoms with Crippen LogP contribution in [0.4, 0.5) is 13.2 Å². The molecule has 4 nitrogen and oxygen atoms in total. The van der Waals surface area contributed by atoms with Crippen molar-refractivity contribution in [2.24, 2.45) is 5.92 Å². The van der Waals surface area contributed by atoms with Crippen molar-refractivity contribution < 1.29 is 28.2 Å². The van der Waals surface area contributed by atoms with Gasteiger partial charge in [0.2, 0.25) is 0 Å². The molecule has 7 heteroatoms. The van der Waals surface area contributed by atoms with Gasteiger partial charge in [-0.3, -0.25) is 4.79 Å². The Balaban J connectivity index is 3.73. The third kappa shape index (κ3) is 7.50. The van der Waals surface area contributed by atoms with Crippen LogP contribution in [0.1, 0.15) is 33.1 Å². The summed E-state index contributed by atoms with van der Waals surface area (Å²) in [6, 6.07) is -0.192. The molecule has 0 radical (unpaired) electrons. The predicted octanol–water partition coefficient (Wildman–Crippen LogP) is 1.78. The zero-order chi connectivity index (χ0) is 14.3. The first kappa shape index (κ1) is 17.2. The van der Waals surface area contributed by atoms with Crippen LogP contribution in [-0.4, -0.2) is 41.0 Å². The molecule has 0 rings (SSSR count). The molecule has 3 N–H and O–H groups in total. The minimum Gasteiger partial charge on any atom is -0.481 e. The highest BCUT2D eigenvalue weighted by Gasteiger charge is 2.37. The lowest BCUT2D eigenvalue weighted by molar-refractivity contribution is -0.202. The summed E-state index contributed by atoms with van der Waals surface area (Å²) >= 11 is 0. The fourth-order valence-electron chi connectivity index (χ4n) is 1.38. The normalized spacial score (nSPS) is 17.2. The molecule has 0 amide bonds. The molecule has 0 saturated heterocycles. The lowest BCUT2D eigenvalue weighted by Gasteiger charge is -2.19. The Morgan fingerprint density at radius 2 is 1.83 bits per heavy atom. The number of hydrogen-bond acceptors (Lipinski definition) is 3. The highest BCUT2D eigenvalue weighted by molar-refractivity contribution is 5.69. The van der Waals surface area contributed by atoms with Crippen LogP contribution < -0.4 is 5.32 Å². The van der Waals surface area contributed by atoms with Crippen molar-refractivity contribution in [2.75, 3.05) is 6.54 Å². The van der Waals surface area contributed by atoms with Gasteiger partial charge in [-0.1, -0.05) is 13.3 Å². The SMILES string of the molecule is CC(CCCC(C)C(=O)O)NCC(O)C(F)(F)F. The minimum absolute atomic E-state index is 0.192. The molecule has 0 aliphatic rings. The number of aliphatic carboxylic acids is 1. The van der Waals surface area contributed by atoms with E-state index >= 15 is 0 Å². The molecule has 0 aromatic heterocycles. The Morgan fingerprint density at radius 1 is 1.28 bits per heavy atom. The number of aliphatic hydroxyl groups excluding tert-OH is 1. The topological polar surface area (TPSA) is 69.6 Å². The Kier molecular flexibility index (Phi) is 7.23. The van der Waals surface area contributed by atoms with E-state index in [1.165, 1.54) is 0 Å². The number of alkyl halides is 3. The Hall–Kier alpha value is -0.820. The van der Waals surface area contributed by atoms with Crippen molar-refractivity contribution in [3.63, 3.8) is 0 Å². The number of nitrogens with one attached hydrogen (secondary N) is 1. The van der Waals surface area contributed by atoms with Gasteiger partial charge in [0, 0.05) is 12.6 Å². The van der Waals surface area contributed by atoms with E-state index in [4.69, 9.17) is 10.2 Å². The molecular formula is C11H20F3NO3. The molecular weight excluding hydrogens is 251 g/mol. The van der Waals surface area contributed by atoms with Crippen LogP contribution in [0, 0.1) is 5.92 Å². The molecule has 3 atom stereocenters. The minimum atomic E-state index is -4.61. The Morgan fingerprint density at radius 3 is 2.28 bits per heavy atom. The fourth-order valence-corrected chi connectivity index (χ4v) is 1.38. The Labute approximate surface area is 104 Å². The van der Waals surface area contributed by atoms with Crippen molar-refractivity contribution in [1.82, 2.24) is 5.32 Å².